The van der Waals surface area contributed by atoms with Crippen LogP contribution in [-0.4, -0.2) is 24.5 Å². The molecular weight excluding hydrogens is 246 g/mol. The summed E-state index contributed by atoms with van der Waals surface area (Å²) in [5.74, 6) is -0.323. The zero-order valence-electron chi connectivity index (χ0n) is 11.4. The quantitative estimate of drug-likeness (QED) is 0.912. The van der Waals surface area contributed by atoms with Gasteiger partial charge in [0.25, 0.3) is 0 Å². The summed E-state index contributed by atoms with van der Waals surface area (Å²) < 4.78 is 26.9. The first-order valence-electron chi connectivity index (χ1n) is 7.01. The van der Waals surface area contributed by atoms with Gasteiger partial charge in [-0.3, -0.25) is 4.90 Å². The van der Waals surface area contributed by atoms with Crippen LogP contribution in [0.15, 0.2) is 18.2 Å². The lowest BCUT2D eigenvalue weighted by atomic mass is 10.0. The van der Waals surface area contributed by atoms with E-state index < -0.39 is 11.6 Å². The maximum atomic E-state index is 13.9. The molecular formula is C15H22F2N2. The number of hydrogen-bond donors (Lipinski definition) is 1. The molecule has 2 unspecified atom stereocenters. The van der Waals surface area contributed by atoms with Gasteiger partial charge in [0.1, 0.15) is 11.6 Å². The van der Waals surface area contributed by atoms with Gasteiger partial charge in [-0.2, -0.15) is 0 Å². The summed E-state index contributed by atoms with van der Waals surface area (Å²) in [6.45, 7) is 4.47. The van der Waals surface area contributed by atoms with Gasteiger partial charge in [0, 0.05) is 24.2 Å². The van der Waals surface area contributed by atoms with Gasteiger partial charge in [-0.25, -0.2) is 8.78 Å². The van der Waals surface area contributed by atoms with Crippen LogP contribution in [0.1, 0.15) is 37.8 Å². The molecule has 2 nitrogen and oxygen atoms in total. The van der Waals surface area contributed by atoms with Gasteiger partial charge >= 0.3 is 0 Å². The zero-order valence-corrected chi connectivity index (χ0v) is 11.4. The minimum Gasteiger partial charge on any atom is -0.329 e. The van der Waals surface area contributed by atoms with E-state index in [-0.39, 0.29) is 6.04 Å². The second-order valence-electron chi connectivity index (χ2n) is 5.49. The van der Waals surface area contributed by atoms with Crippen LogP contribution < -0.4 is 5.73 Å². The predicted molar refractivity (Wildman–Crippen MR) is 72.7 cm³/mol. The minimum atomic E-state index is -0.540. The topological polar surface area (TPSA) is 29.3 Å². The molecule has 1 aliphatic heterocycles. The Labute approximate surface area is 113 Å². The van der Waals surface area contributed by atoms with E-state index in [9.17, 15) is 8.78 Å². The molecule has 2 atom stereocenters. The third-order valence-electron chi connectivity index (χ3n) is 4.04. The molecule has 0 bridgehead atoms. The summed E-state index contributed by atoms with van der Waals surface area (Å²) >= 11 is 0. The fourth-order valence-electron chi connectivity index (χ4n) is 2.84. The lowest BCUT2D eigenvalue weighted by molar-refractivity contribution is 0.203. The number of nitrogens with two attached hydrogens (primary N) is 1. The highest BCUT2D eigenvalue weighted by atomic mass is 19.1. The largest absolute Gasteiger partial charge is 0.329 e. The molecule has 1 aliphatic rings. The number of nitrogens with zero attached hydrogens (tertiary/aromatic N) is 1. The van der Waals surface area contributed by atoms with Crippen molar-refractivity contribution in [3.05, 3.63) is 35.4 Å². The Bertz CT molecular complexity index is 423. The van der Waals surface area contributed by atoms with Crippen molar-refractivity contribution >= 4 is 0 Å². The number of halogens is 2. The molecule has 0 saturated carbocycles. The first-order valence-corrected chi connectivity index (χ1v) is 7.01. The van der Waals surface area contributed by atoms with E-state index in [0.717, 1.165) is 32.0 Å². The summed E-state index contributed by atoms with van der Waals surface area (Å²) in [7, 11) is 0. The van der Waals surface area contributed by atoms with E-state index >= 15 is 0 Å². The molecule has 0 aliphatic carbocycles. The van der Waals surface area contributed by atoms with Crippen molar-refractivity contribution < 1.29 is 8.78 Å². The van der Waals surface area contributed by atoms with Gasteiger partial charge < -0.3 is 5.73 Å². The number of hydrogen-bond acceptors (Lipinski definition) is 2. The Morgan fingerprint density at radius 3 is 2.79 bits per heavy atom. The van der Waals surface area contributed by atoms with Crippen molar-refractivity contribution in [1.82, 2.24) is 4.90 Å². The van der Waals surface area contributed by atoms with Crippen molar-refractivity contribution in [2.45, 2.75) is 32.2 Å². The normalized spacial score (nSPS) is 23.1. The van der Waals surface area contributed by atoms with Gasteiger partial charge in [-0.05, 0) is 44.3 Å². The summed E-state index contributed by atoms with van der Waals surface area (Å²) in [5, 5.41) is 0. The van der Waals surface area contributed by atoms with Crippen LogP contribution in [-0.2, 0) is 0 Å². The van der Waals surface area contributed by atoms with Crippen LogP contribution in [0.25, 0.3) is 0 Å². The van der Waals surface area contributed by atoms with Gasteiger partial charge in [-0.15, -0.1) is 0 Å². The van der Waals surface area contributed by atoms with Crippen molar-refractivity contribution in [3.8, 4) is 0 Å². The van der Waals surface area contributed by atoms with Crippen LogP contribution in [0.5, 0.6) is 0 Å². The molecule has 1 aromatic carbocycles. The Balaban J connectivity index is 2.18. The summed E-state index contributed by atoms with van der Waals surface area (Å²) in [6, 6.07) is 3.63. The van der Waals surface area contributed by atoms with Gasteiger partial charge in [-0.1, -0.05) is 13.0 Å². The molecule has 19 heavy (non-hydrogen) atoms. The molecule has 1 heterocycles. The molecule has 1 saturated heterocycles. The number of likely N-dealkylation sites (tertiary alicyclic amines) is 1. The highest BCUT2D eigenvalue weighted by Gasteiger charge is 2.24. The summed E-state index contributed by atoms with van der Waals surface area (Å²) in [4.78, 5) is 2.24. The molecule has 0 aromatic heterocycles. The van der Waals surface area contributed by atoms with E-state index in [1.807, 2.05) is 0 Å². The minimum absolute atomic E-state index is 0.147. The van der Waals surface area contributed by atoms with E-state index in [4.69, 9.17) is 5.73 Å². The third kappa shape index (κ3) is 3.51. The fraction of sp³-hybridized carbons (Fsp3) is 0.600. The smallest absolute Gasteiger partial charge is 0.130 e. The van der Waals surface area contributed by atoms with Crippen molar-refractivity contribution in [3.63, 3.8) is 0 Å². The molecule has 0 radical (unpaired) electrons. The molecule has 1 aromatic rings. The summed E-state index contributed by atoms with van der Waals surface area (Å²) in [6.07, 6.45) is 3.43. The van der Waals surface area contributed by atoms with Gasteiger partial charge in [0.15, 0.2) is 0 Å². The van der Waals surface area contributed by atoms with Crippen molar-refractivity contribution in [2.75, 3.05) is 19.6 Å². The van der Waals surface area contributed by atoms with Crippen molar-refractivity contribution in [2.24, 2.45) is 11.7 Å². The van der Waals surface area contributed by atoms with Gasteiger partial charge in [0.05, 0.1) is 0 Å². The monoisotopic (exact) mass is 268 g/mol. The van der Waals surface area contributed by atoms with E-state index in [2.05, 4.69) is 11.8 Å². The zero-order chi connectivity index (χ0) is 13.8. The Morgan fingerprint density at radius 2 is 2.11 bits per heavy atom. The Hall–Kier alpha value is -1.00. The summed E-state index contributed by atoms with van der Waals surface area (Å²) in [5.41, 5.74) is 6.34. The van der Waals surface area contributed by atoms with Crippen molar-refractivity contribution in [1.29, 1.82) is 0 Å². The fourth-order valence-corrected chi connectivity index (χ4v) is 2.84. The standard InChI is InChI=1S/C15H22F2N2/c1-11-3-2-7-19(8-6-11)15(10-18)13-5-4-12(16)9-14(13)17/h4-5,9,11,15H,2-3,6-8,10,18H2,1H3. The average molecular weight is 268 g/mol. The molecule has 106 valence electrons. The second kappa shape index (κ2) is 6.44. The predicted octanol–water partition coefficient (Wildman–Crippen LogP) is 3.09. The average Bonchev–Trinajstić information content (AvgIpc) is 2.58. The maximum Gasteiger partial charge on any atom is 0.130 e. The lowest BCUT2D eigenvalue weighted by Crippen LogP contribution is -2.35. The van der Waals surface area contributed by atoms with E-state index in [1.54, 1.807) is 0 Å². The van der Waals surface area contributed by atoms with Crippen LogP contribution >= 0.6 is 0 Å². The molecule has 2 N–H and O–H groups in total. The second-order valence-corrected chi connectivity index (χ2v) is 5.49. The number of benzene rings is 1. The third-order valence-corrected chi connectivity index (χ3v) is 4.04. The molecule has 4 heteroatoms. The first-order chi connectivity index (χ1) is 9.11. The maximum absolute atomic E-state index is 13.9. The highest BCUT2D eigenvalue weighted by molar-refractivity contribution is 5.22. The molecule has 0 amide bonds. The van der Waals surface area contributed by atoms with Crippen LogP contribution in [0, 0.1) is 17.6 Å². The van der Waals surface area contributed by atoms with Crippen LogP contribution in [0.3, 0.4) is 0 Å². The van der Waals surface area contributed by atoms with Crippen LogP contribution in [0.4, 0.5) is 8.78 Å². The number of rotatable bonds is 3. The van der Waals surface area contributed by atoms with E-state index in [1.165, 1.54) is 18.6 Å². The van der Waals surface area contributed by atoms with Gasteiger partial charge in [0.2, 0.25) is 0 Å². The molecule has 2 rings (SSSR count). The first kappa shape index (κ1) is 14.4. The molecule has 0 spiro atoms. The highest BCUT2D eigenvalue weighted by Crippen LogP contribution is 2.27. The molecule has 1 fully saturated rings. The lowest BCUT2D eigenvalue weighted by Gasteiger charge is -2.30. The van der Waals surface area contributed by atoms with Crippen LogP contribution in [0.2, 0.25) is 0 Å². The Kier molecular flexibility index (Phi) is 4.88. The SMILES string of the molecule is CC1CCCN(C(CN)c2ccc(F)cc2F)CC1. The Morgan fingerprint density at radius 1 is 1.32 bits per heavy atom. The van der Waals surface area contributed by atoms with E-state index in [0.29, 0.717) is 18.0 Å².